The summed E-state index contributed by atoms with van der Waals surface area (Å²) in [6.07, 6.45) is 5.80. The van der Waals surface area contributed by atoms with Gasteiger partial charge in [-0.2, -0.15) is 5.10 Å². The quantitative estimate of drug-likeness (QED) is 0.840. The molecule has 1 atom stereocenters. The second-order valence-electron chi connectivity index (χ2n) is 6.68. The summed E-state index contributed by atoms with van der Waals surface area (Å²) in [6.45, 7) is 6.61. The van der Waals surface area contributed by atoms with Crippen molar-refractivity contribution >= 4 is 5.91 Å². The number of nitrogens with one attached hydrogen (secondary N) is 1. The first-order valence-electron chi connectivity index (χ1n) is 8.62. The molecule has 3 rings (SSSR count). The van der Waals surface area contributed by atoms with Gasteiger partial charge in [-0.25, -0.2) is 0 Å². The van der Waals surface area contributed by atoms with Crippen molar-refractivity contribution in [2.45, 2.75) is 71.6 Å². The summed E-state index contributed by atoms with van der Waals surface area (Å²) in [5.41, 5.74) is 3.65. The molecule has 0 spiro atoms. The minimum atomic E-state index is 0.122. The topological polar surface area (TPSA) is 56.2 Å². The number of amides is 1. The molecule has 1 aliphatic heterocycles. The number of rotatable bonds is 7. The van der Waals surface area contributed by atoms with E-state index in [2.05, 4.69) is 16.9 Å². The molecule has 0 radical (unpaired) electrons. The van der Waals surface area contributed by atoms with Crippen molar-refractivity contribution in [1.82, 2.24) is 15.1 Å². The maximum atomic E-state index is 12.0. The summed E-state index contributed by atoms with van der Waals surface area (Å²) in [5, 5.41) is 7.82. The predicted molar refractivity (Wildman–Crippen MR) is 84.5 cm³/mol. The van der Waals surface area contributed by atoms with Crippen molar-refractivity contribution < 1.29 is 9.53 Å². The standard InChI is InChI=1S/C17H27N3O2/c1-3-12(2)18-17(21)7-6-15-14-11-22-9-8-16(14)20(19-15)10-13-4-5-13/h12-13H,3-11H2,1-2H3,(H,18,21). The Hall–Kier alpha value is -1.36. The Kier molecular flexibility index (Phi) is 4.81. The van der Waals surface area contributed by atoms with Crippen LogP contribution in [0.4, 0.5) is 0 Å². The van der Waals surface area contributed by atoms with Crippen LogP contribution in [0.15, 0.2) is 0 Å². The Labute approximate surface area is 132 Å². The number of fused-ring (bicyclic) bond motifs is 1. The largest absolute Gasteiger partial charge is 0.376 e. The summed E-state index contributed by atoms with van der Waals surface area (Å²) < 4.78 is 7.80. The van der Waals surface area contributed by atoms with E-state index in [0.29, 0.717) is 19.4 Å². The van der Waals surface area contributed by atoms with E-state index in [4.69, 9.17) is 9.84 Å². The molecule has 1 N–H and O–H groups in total. The van der Waals surface area contributed by atoms with Gasteiger partial charge in [0.1, 0.15) is 0 Å². The van der Waals surface area contributed by atoms with E-state index in [1.165, 1.54) is 24.1 Å². The molecule has 1 saturated carbocycles. The van der Waals surface area contributed by atoms with Gasteiger partial charge in [0.25, 0.3) is 0 Å². The molecule has 0 saturated heterocycles. The third-order valence-electron chi connectivity index (χ3n) is 4.72. The Morgan fingerprint density at radius 2 is 2.32 bits per heavy atom. The van der Waals surface area contributed by atoms with Crippen molar-refractivity contribution in [2.24, 2.45) is 5.92 Å². The van der Waals surface area contributed by atoms with Crippen molar-refractivity contribution in [3.63, 3.8) is 0 Å². The number of hydrogen-bond donors (Lipinski definition) is 1. The van der Waals surface area contributed by atoms with Gasteiger partial charge in [-0.1, -0.05) is 6.92 Å². The molecular formula is C17H27N3O2. The Morgan fingerprint density at radius 3 is 3.05 bits per heavy atom. The minimum absolute atomic E-state index is 0.122. The molecule has 122 valence electrons. The average Bonchev–Trinajstić information content (AvgIpc) is 3.27. The maximum Gasteiger partial charge on any atom is 0.220 e. The van der Waals surface area contributed by atoms with Crippen LogP contribution < -0.4 is 5.32 Å². The first-order chi connectivity index (χ1) is 10.7. The molecule has 2 heterocycles. The SMILES string of the molecule is CCC(C)NC(=O)CCc1nn(CC2CC2)c2c1COCC2. The fourth-order valence-electron chi connectivity index (χ4n) is 2.96. The van der Waals surface area contributed by atoms with Crippen molar-refractivity contribution in [3.8, 4) is 0 Å². The molecule has 0 aromatic carbocycles. The molecule has 1 amide bonds. The number of carbonyl (C=O) groups excluding carboxylic acids is 1. The number of aromatic nitrogens is 2. The van der Waals surface area contributed by atoms with Crippen molar-refractivity contribution in [1.29, 1.82) is 0 Å². The van der Waals surface area contributed by atoms with Gasteiger partial charge in [-0.15, -0.1) is 0 Å². The van der Waals surface area contributed by atoms with Gasteiger partial charge in [0.05, 0.1) is 18.9 Å². The van der Waals surface area contributed by atoms with Crippen LogP contribution in [-0.4, -0.2) is 28.3 Å². The minimum Gasteiger partial charge on any atom is -0.376 e. The third kappa shape index (κ3) is 3.69. The number of hydrogen-bond acceptors (Lipinski definition) is 3. The van der Waals surface area contributed by atoms with E-state index >= 15 is 0 Å². The van der Waals surface area contributed by atoms with Gasteiger partial charge >= 0.3 is 0 Å². The smallest absolute Gasteiger partial charge is 0.220 e. The summed E-state index contributed by atoms with van der Waals surface area (Å²) in [6, 6.07) is 0.247. The summed E-state index contributed by atoms with van der Waals surface area (Å²) >= 11 is 0. The number of nitrogens with zero attached hydrogens (tertiary/aromatic N) is 2. The van der Waals surface area contributed by atoms with Gasteiger partial charge in [-0.3, -0.25) is 9.48 Å². The third-order valence-corrected chi connectivity index (χ3v) is 4.72. The van der Waals surface area contributed by atoms with Crippen LogP contribution in [0.5, 0.6) is 0 Å². The Bertz CT molecular complexity index is 534. The zero-order chi connectivity index (χ0) is 15.5. The molecule has 5 heteroatoms. The van der Waals surface area contributed by atoms with Crippen LogP contribution in [0, 0.1) is 5.92 Å². The van der Waals surface area contributed by atoms with E-state index in [1.807, 2.05) is 6.92 Å². The van der Waals surface area contributed by atoms with Gasteiger partial charge in [-0.05, 0) is 32.1 Å². The highest BCUT2D eigenvalue weighted by atomic mass is 16.5. The summed E-state index contributed by atoms with van der Waals surface area (Å²) in [7, 11) is 0. The van der Waals surface area contributed by atoms with Crippen molar-refractivity contribution in [2.75, 3.05) is 6.61 Å². The van der Waals surface area contributed by atoms with E-state index < -0.39 is 0 Å². The molecule has 1 aliphatic carbocycles. The van der Waals surface area contributed by atoms with Crippen LogP contribution in [0.2, 0.25) is 0 Å². The zero-order valence-electron chi connectivity index (χ0n) is 13.7. The van der Waals surface area contributed by atoms with Gasteiger partial charge in [0.2, 0.25) is 5.91 Å². The maximum absolute atomic E-state index is 12.0. The highest BCUT2D eigenvalue weighted by Crippen LogP contribution is 2.32. The molecule has 0 bridgehead atoms. The summed E-state index contributed by atoms with van der Waals surface area (Å²) in [4.78, 5) is 12.0. The van der Waals surface area contributed by atoms with Crippen LogP contribution in [0.25, 0.3) is 0 Å². The first-order valence-corrected chi connectivity index (χ1v) is 8.62. The van der Waals surface area contributed by atoms with E-state index in [9.17, 15) is 4.79 Å². The molecule has 1 fully saturated rings. The highest BCUT2D eigenvalue weighted by Gasteiger charge is 2.27. The highest BCUT2D eigenvalue weighted by molar-refractivity contribution is 5.76. The number of ether oxygens (including phenoxy) is 1. The van der Waals surface area contributed by atoms with E-state index in [1.54, 1.807) is 0 Å². The van der Waals surface area contributed by atoms with Crippen LogP contribution in [0.3, 0.4) is 0 Å². The van der Waals surface area contributed by atoms with Crippen LogP contribution in [-0.2, 0) is 35.5 Å². The molecule has 1 aromatic rings. The zero-order valence-corrected chi connectivity index (χ0v) is 13.7. The number of aryl methyl sites for hydroxylation is 1. The van der Waals surface area contributed by atoms with Gasteiger partial charge in [0, 0.05) is 43.1 Å². The predicted octanol–water partition coefficient (Wildman–Crippen LogP) is 2.21. The summed E-state index contributed by atoms with van der Waals surface area (Å²) in [5.74, 6) is 0.935. The number of carbonyl (C=O) groups is 1. The van der Waals surface area contributed by atoms with Crippen LogP contribution >= 0.6 is 0 Å². The van der Waals surface area contributed by atoms with E-state index in [-0.39, 0.29) is 11.9 Å². The Balaban J connectivity index is 1.65. The molecule has 1 aromatic heterocycles. The van der Waals surface area contributed by atoms with Crippen molar-refractivity contribution in [3.05, 3.63) is 17.0 Å². The fourth-order valence-corrected chi connectivity index (χ4v) is 2.96. The Morgan fingerprint density at radius 1 is 1.50 bits per heavy atom. The normalized spacial score (nSPS) is 18.8. The lowest BCUT2D eigenvalue weighted by atomic mass is 10.1. The van der Waals surface area contributed by atoms with Crippen LogP contribution in [0.1, 0.15) is 56.5 Å². The molecule has 1 unspecified atom stereocenters. The first kappa shape index (κ1) is 15.5. The lowest BCUT2D eigenvalue weighted by molar-refractivity contribution is -0.121. The van der Waals surface area contributed by atoms with Gasteiger partial charge < -0.3 is 10.1 Å². The molecule has 22 heavy (non-hydrogen) atoms. The molecule has 5 nitrogen and oxygen atoms in total. The lowest BCUT2D eigenvalue weighted by Crippen LogP contribution is -2.32. The van der Waals surface area contributed by atoms with Gasteiger partial charge in [0.15, 0.2) is 0 Å². The monoisotopic (exact) mass is 305 g/mol. The molecule has 2 aliphatic rings. The molecular weight excluding hydrogens is 278 g/mol. The average molecular weight is 305 g/mol. The fraction of sp³-hybridized carbons (Fsp3) is 0.765. The second kappa shape index (κ2) is 6.82. The second-order valence-corrected chi connectivity index (χ2v) is 6.68. The van der Waals surface area contributed by atoms with E-state index in [0.717, 1.165) is 37.6 Å². The lowest BCUT2D eigenvalue weighted by Gasteiger charge is -2.15.